The van der Waals surface area contributed by atoms with Crippen LogP contribution >= 0.6 is 0 Å². The van der Waals surface area contributed by atoms with Crippen molar-refractivity contribution in [3.63, 3.8) is 0 Å². The van der Waals surface area contributed by atoms with Crippen molar-refractivity contribution in [1.29, 1.82) is 0 Å². The van der Waals surface area contributed by atoms with Gasteiger partial charge in [0.25, 0.3) is 0 Å². The van der Waals surface area contributed by atoms with E-state index in [1.54, 1.807) is 7.11 Å². The molecule has 0 radical (unpaired) electrons. The van der Waals surface area contributed by atoms with Crippen molar-refractivity contribution in [2.24, 2.45) is 11.7 Å². The topological polar surface area (TPSA) is 35.2 Å². The molecule has 1 aliphatic carbocycles. The average molecular weight is 205 g/mol. The third-order valence-electron chi connectivity index (χ3n) is 3.00. The normalized spacial score (nSPS) is 17.7. The first-order valence-electron chi connectivity index (χ1n) is 5.63. The molecule has 2 N–H and O–H groups in total. The van der Waals surface area contributed by atoms with Gasteiger partial charge in [0.05, 0.1) is 6.61 Å². The molecule has 1 atom stereocenters. The van der Waals surface area contributed by atoms with E-state index >= 15 is 0 Å². The van der Waals surface area contributed by atoms with Crippen LogP contribution in [0.5, 0.6) is 0 Å². The maximum Gasteiger partial charge on any atom is 0.0713 e. The Morgan fingerprint density at radius 3 is 2.53 bits per heavy atom. The van der Waals surface area contributed by atoms with E-state index in [0.29, 0.717) is 6.61 Å². The van der Waals surface area contributed by atoms with Crippen LogP contribution in [-0.2, 0) is 11.3 Å². The fourth-order valence-corrected chi connectivity index (χ4v) is 1.88. The highest BCUT2D eigenvalue weighted by atomic mass is 16.5. The molecule has 0 aromatic heterocycles. The number of ether oxygens (including phenoxy) is 1. The Balaban J connectivity index is 1.95. The zero-order valence-electron chi connectivity index (χ0n) is 9.28. The third kappa shape index (κ3) is 3.05. The Labute approximate surface area is 91.4 Å². The van der Waals surface area contributed by atoms with Crippen LogP contribution < -0.4 is 5.73 Å². The van der Waals surface area contributed by atoms with Gasteiger partial charge in [-0.2, -0.15) is 0 Å². The van der Waals surface area contributed by atoms with E-state index < -0.39 is 0 Å². The third-order valence-corrected chi connectivity index (χ3v) is 3.00. The van der Waals surface area contributed by atoms with Gasteiger partial charge < -0.3 is 10.5 Å². The van der Waals surface area contributed by atoms with Gasteiger partial charge in [-0.3, -0.25) is 0 Å². The molecule has 82 valence electrons. The first kappa shape index (κ1) is 10.7. The number of methoxy groups -OCH3 is 1. The minimum absolute atomic E-state index is 0.217. The van der Waals surface area contributed by atoms with Crippen molar-refractivity contribution >= 4 is 0 Å². The van der Waals surface area contributed by atoms with Crippen molar-refractivity contribution in [2.45, 2.75) is 31.9 Å². The van der Waals surface area contributed by atoms with Gasteiger partial charge in [-0.05, 0) is 23.5 Å². The highest BCUT2D eigenvalue weighted by Crippen LogP contribution is 2.36. The highest BCUT2D eigenvalue weighted by Gasteiger charge is 2.24. The summed E-state index contributed by atoms with van der Waals surface area (Å²) in [6, 6.07) is 8.68. The maximum atomic E-state index is 6.13. The second-order valence-electron chi connectivity index (χ2n) is 4.46. The smallest absolute Gasteiger partial charge is 0.0713 e. The summed E-state index contributed by atoms with van der Waals surface area (Å²) >= 11 is 0. The molecule has 1 aliphatic rings. The fourth-order valence-electron chi connectivity index (χ4n) is 1.88. The molecule has 15 heavy (non-hydrogen) atoms. The maximum absolute atomic E-state index is 6.13. The van der Waals surface area contributed by atoms with Crippen molar-refractivity contribution in [3.8, 4) is 0 Å². The molecule has 1 unspecified atom stereocenters. The lowest BCUT2D eigenvalue weighted by Gasteiger charge is -2.11. The number of hydrogen-bond acceptors (Lipinski definition) is 2. The van der Waals surface area contributed by atoms with E-state index in [-0.39, 0.29) is 6.04 Å². The Hall–Kier alpha value is -0.860. The van der Waals surface area contributed by atoms with E-state index in [4.69, 9.17) is 10.5 Å². The van der Waals surface area contributed by atoms with Crippen LogP contribution in [0.1, 0.15) is 36.4 Å². The van der Waals surface area contributed by atoms with Crippen molar-refractivity contribution < 1.29 is 4.74 Å². The van der Waals surface area contributed by atoms with E-state index in [1.165, 1.54) is 24.0 Å². The van der Waals surface area contributed by atoms with Crippen molar-refractivity contribution in [2.75, 3.05) is 7.11 Å². The summed E-state index contributed by atoms with van der Waals surface area (Å²) in [4.78, 5) is 0. The standard InChI is InChI=1S/C13H19NO/c1-15-9-11-4-6-12(7-5-11)13(14)8-10-2-3-10/h4-7,10,13H,2-3,8-9,14H2,1H3. The lowest BCUT2D eigenvalue weighted by atomic mass is 10.0. The summed E-state index contributed by atoms with van der Waals surface area (Å²) in [5, 5.41) is 0. The molecule has 1 saturated carbocycles. The van der Waals surface area contributed by atoms with Gasteiger partial charge in [-0.1, -0.05) is 37.1 Å². The molecular weight excluding hydrogens is 186 g/mol. The van der Waals surface area contributed by atoms with Crippen LogP contribution in [0.25, 0.3) is 0 Å². The summed E-state index contributed by atoms with van der Waals surface area (Å²) in [6.07, 6.45) is 3.88. The van der Waals surface area contributed by atoms with Gasteiger partial charge in [0.15, 0.2) is 0 Å². The van der Waals surface area contributed by atoms with Gasteiger partial charge >= 0.3 is 0 Å². The van der Waals surface area contributed by atoms with E-state index in [1.807, 2.05) is 0 Å². The molecule has 1 aromatic rings. The van der Waals surface area contributed by atoms with Crippen LogP contribution in [-0.4, -0.2) is 7.11 Å². The van der Waals surface area contributed by atoms with Crippen LogP contribution in [0.15, 0.2) is 24.3 Å². The van der Waals surface area contributed by atoms with E-state index in [0.717, 1.165) is 12.3 Å². The van der Waals surface area contributed by atoms with Gasteiger partial charge in [0, 0.05) is 13.2 Å². The number of benzene rings is 1. The molecule has 2 rings (SSSR count). The van der Waals surface area contributed by atoms with Crippen molar-refractivity contribution in [1.82, 2.24) is 0 Å². The number of rotatable bonds is 5. The zero-order chi connectivity index (χ0) is 10.7. The average Bonchev–Trinajstić information content (AvgIpc) is 3.03. The van der Waals surface area contributed by atoms with E-state index in [2.05, 4.69) is 24.3 Å². The molecule has 1 aromatic carbocycles. The minimum Gasteiger partial charge on any atom is -0.380 e. The van der Waals surface area contributed by atoms with Crippen LogP contribution in [0, 0.1) is 5.92 Å². The van der Waals surface area contributed by atoms with Crippen LogP contribution in [0.2, 0.25) is 0 Å². The highest BCUT2D eigenvalue weighted by molar-refractivity contribution is 5.24. The summed E-state index contributed by atoms with van der Waals surface area (Å²) < 4.78 is 5.07. The Morgan fingerprint density at radius 1 is 1.33 bits per heavy atom. The molecule has 2 heteroatoms. The van der Waals surface area contributed by atoms with Gasteiger partial charge in [0.1, 0.15) is 0 Å². The second-order valence-corrected chi connectivity index (χ2v) is 4.46. The monoisotopic (exact) mass is 205 g/mol. The van der Waals surface area contributed by atoms with Gasteiger partial charge in [0.2, 0.25) is 0 Å². The first-order valence-corrected chi connectivity index (χ1v) is 5.63. The summed E-state index contributed by atoms with van der Waals surface area (Å²) in [7, 11) is 1.72. The van der Waals surface area contributed by atoms with E-state index in [9.17, 15) is 0 Å². The largest absolute Gasteiger partial charge is 0.380 e. The molecule has 0 saturated heterocycles. The lowest BCUT2D eigenvalue weighted by molar-refractivity contribution is 0.185. The zero-order valence-corrected chi connectivity index (χ0v) is 9.28. The molecule has 2 nitrogen and oxygen atoms in total. The summed E-state index contributed by atoms with van der Waals surface area (Å²) in [6.45, 7) is 0.679. The second kappa shape index (κ2) is 4.77. The predicted octanol–water partition coefficient (Wildman–Crippen LogP) is 2.63. The number of hydrogen-bond donors (Lipinski definition) is 1. The molecule has 0 spiro atoms. The Morgan fingerprint density at radius 2 is 2.00 bits per heavy atom. The number of nitrogens with two attached hydrogens (primary N) is 1. The predicted molar refractivity (Wildman–Crippen MR) is 61.4 cm³/mol. The molecule has 0 heterocycles. The first-order chi connectivity index (χ1) is 7.29. The molecule has 1 fully saturated rings. The molecule has 0 amide bonds. The SMILES string of the molecule is COCc1ccc(C(N)CC2CC2)cc1. The Bertz CT molecular complexity index is 303. The van der Waals surface area contributed by atoms with Crippen molar-refractivity contribution in [3.05, 3.63) is 35.4 Å². The van der Waals surface area contributed by atoms with Gasteiger partial charge in [-0.25, -0.2) is 0 Å². The molecule has 0 aliphatic heterocycles. The lowest BCUT2D eigenvalue weighted by Crippen LogP contribution is -2.10. The quantitative estimate of drug-likeness (QED) is 0.802. The molecule has 0 bridgehead atoms. The molecular formula is C13H19NO. The summed E-state index contributed by atoms with van der Waals surface area (Å²) in [5.41, 5.74) is 8.59. The van der Waals surface area contributed by atoms with Crippen LogP contribution in [0.4, 0.5) is 0 Å². The fraction of sp³-hybridized carbons (Fsp3) is 0.538. The minimum atomic E-state index is 0.217. The van der Waals surface area contributed by atoms with Crippen LogP contribution in [0.3, 0.4) is 0 Å². The summed E-state index contributed by atoms with van der Waals surface area (Å²) in [5.74, 6) is 0.888. The Kier molecular flexibility index (Phi) is 3.39. The van der Waals surface area contributed by atoms with Gasteiger partial charge in [-0.15, -0.1) is 0 Å².